The van der Waals surface area contributed by atoms with Crippen molar-refractivity contribution in [1.29, 1.82) is 0 Å². The van der Waals surface area contributed by atoms with Gasteiger partial charge in [0.25, 0.3) is 0 Å². The molecule has 2 aromatic rings. The maximum Gasteiger partial charge on any atom is 0.131 e. The van der Waals surface area contributed by atoms with Gasteiger partial charge < -0.3 is 14.6 Å². The lowest BCUT2D eigenvalue weighted by Crippen LogP contribution is -1.94. The number of rotatable bonds is 5. The van der Waals surface area contributed by atoms with Crippen LogP contribution in [0.2, 0.25) is 0 Å². The van der Waals surface area contributed by atoms with Crippen LogP contribution in [0.15, 0.2) is 48.5 Å². The Hall–Kier alpha value is -2.00. The Morgan fingerprint density at radius 3 is 2.32 bits per heavy atom. The van der Waals surface area contributed by atoms with Gasteiger partial charge in [0.05, 0.1) is 13.2 Å². The second-order valence-corrected chi connectivity index (χ2v) is 4.27. The molecule has 2 aromatic carbocycles. The van der Waals surface area contributed by atoms with Crippen LogP contribution >= 0.6 is 0 Å². The van der Waals surface area contributed by atoms with E-state index in [1.54, 1.807) is 7.11 Å². The van der Waals surface area contributed by atoms with Gasteiger partial charge in [-0.05, 0) is 36.2 Å². The number of hydrogen-bond acceptors (Lipinski definition) is 3. The molecule has 0 aliphatic heterocycles. The summed E-state index contributed by atoms with van der Waals surface area (Å²) in [6, 6.07) is 14.9. The fraction of sp³-hybridized carbons (Fsp3) is 0.250. The largest absolute Gasteiger partial charge is 0.497 e. The number of ether oxygens (including phenoxy) is 2. The first-order valence-corrected chi connectivity index (χ1v) is 6.33. The first-order chi connectivity index (χ1) is 9.22. The molecule has 1 atom stereocenters. The van der Waals surface area contributed by atoms with Crippen LogP contribution in [0, 0.1) is 0 Å². The van der Waals surface area contributed by atoms with Crippen LogP contribution in [-0.2, 0) is 0 Å². The van der Waals surface area contributed by atoms with E-state index in [9.17, 15) is 5.11 Å². The van der Waals surface area contributed by atoms with Crippen LogP contribution in [0.1, 0.15) is 25.0 Å². The maximum atomic E-state index is 9.72. The average molecular weight is 258 g/mol. The van der Waals surface area contributed by atoms with Gasteiger partial charge in [-0.2, -0.15) is 0 Å². The van der Waals surface area contributed by atoms with E-state index in [1.807, 2.05) is 55.5 Å². The summed E-state index contributed by atoms with van der Waals surface area (Å²) in [6.45, 7) is 1.95. The van der Waals surface area contributed by atoms with Crippen molar-refractivity contribution in [2.24, 2.45) is 0 Å². The topological polar surface area (TPSA) is 38.7 Å². The van der Waals surface area contributed by atoms with Crippen molar-refractivity contribution >= 4 is 0 Å². The van der Waals surface area contributed by atoms with E-state index in [1.165, 1.54) is 0 Å². The highest BCUT2D eigenvalue weighted by Gasteiger charge is 2.05. The van der Waals surface area contributed by atoms with Gasteiger partial charge in [0, 0.05) is 6.07 Å². The van der Waals surface area contributed by atoms with Crippen molar-refractivity contribution in [2.45, 2.75) is 19.4 Å². The SMILES string of the molecule is CC[C@@H](O)c1ccc(Oc2cccc(OC)c2)cc1. The van der Waals surface area contributed by atoms with Crippen LogP contribution in [0.4, 0.5) is 0 Å². The van der Waals surface area contributed by atoms with Gasteiger partial charge in [0.2, 0.25) is 0 Å². The standard InChI is InChI=1S/C16H18O3/c1-3-16(17)12-7-9-13(10-8-12)19-15-6-4-5-14(11-15)18-2/h4-11,16-17H,3H2,1-2H3/t16-/m1/s1. The summed E-state index contributed by atoms with van der Waals surface area (Å²) in [5.41, 5.74) is 0.903. The lowest BCUT2D eigenvalue weighted by molar-refractivity contribution is 0.173. The molecule has 0 fully saturated rings. The second-order valence-electron chi connectivity index (χ2n) is 4.27. The Bertz CT molecular complexity index is 520. The van der Waals surface area contributed by atoms with Gasteiger partial charge in [-0.15, -0.1) is 0 Å². The highest BCUT2D eigenvalue weighted by molar-refractivity contribution is 5.37. The second kappa shape index (κ2) is 6.25. The molecule has 0 amide bonds. The maximum absolute atomic E-state index is 9.72. The van der Waals surface area contributed by atoms with E-state index in [0.29, 0.717) is 6.42 Å². The molecule has 0 aliphatic carbocycles. The van der Waals surface area contributed by atoms with E-state index in [2.05, 4.69) is 0 Å². The summed E-state index contributed by atoms with van der Waals surface area (Å²) in [5, 5.41) is 9.72. The predicted molar refractivity (Wildman–Crippen MR) is 74.8 cm³/mol. The van der Waals surface area contributed by atoms with Gasteiger partial charge in [-0.1, -0.05) is 25.1 Å². The average Bonchev–Trinajstić information content (AvgIpc) is 2.47. The third-order valence-corrected chi connectivity index (χ3v) is 2.93. The van der Waals surface area contributed by atoms with Crippen molar-refractivity contribution in [3.63, 3.8) is 0 Å². The first kappa shape index (κ1) is 13.4. The van der Waals surface area contributed by atoms with Gasteiger partial charge in [-0.3, -0.25) is 0 Å². The number of aliphatic hydroxyl groups is 1. The summed E-state index contributed by atoms with van der Waals surface area (Å²) in [6.07, 6.45) is 0.293. The number of aliphatic hydroxyl groups excluding tert-OH is 1. The quantitative estimate of drug-likeness (QED) is 0.883. The molecule has 0 aromatic heterocycles. The first-order valence-electron chi connectivity index (χ1n) is 6.33. The smallest absolute Gasteiger partial charge is 0.131 e. The molecule has 0 aliphatic rings. The van der Waals surface area contributed by atoms with Crippen LogP contribution in [0.3, 0.4) is 0 Å². The van der Waals surface area contributed by atoms with E-state index in [4.69, 9.17) is 9.47 Å². The molecule has 0 heterocycles. The van der Waals surface area contributed by atoms with E-state index in [-0.39, 0.29) is 0 Å². The van der Waals surface area contributed by atoms with Crippen molar-refractivity contribution in [1.82, 2.24) is 0 Å². The van der Waals surface area contributed by atoms with Gasteiger partial charge >= 0.3 is 0 Å². The molecule has 2 rings (SSSR count). The summed E-state index contributed by atoms with van der Waals surface area (Å²) < 4.78 is 10.9. The lowest BCUT2D eigenvalue weighted by atomic mass is 10.1. The minimum absolute atomic E-state index is 0.411. The van der Waals surface area contributed by atoms with Crippen molar-refractivity contribution in [2.75, 3.05) is 7.11 Å². The molecule has 1 N–H and O–H groups in total. The molecule has 19 heavy (non-hydrogen) atoms. The molecule has 0 saturated carbocycles. The zero-order chi connectivity index (χ0) is 13.7. The molecule has 0 spiro atoms. The third-order valence-electron chi connectivity index (χ3n) is 2.93. The normalized spacial score (nSPS) is 11.9. The molecule has 3 heteroatoms. The fourth-order valence-corrected chi connectivity index (χ4v) is 1.79. The van der Waals surface area contributed by atoms with Gasteiger partial charge in [0.15, 0.2) is 0 Å². The molecule has 0 saturated heterocycles. The minimum atomic E-state index is -0.411. The number of benzene rings is 2. The molecule has 0 radical (unpaired) electrons. The number of hydrogen-bond donors (Lipinski definition) is 1. The third kappa shape index (κ3) is 3.48. The zero-order valence-electron chi connectivity index (χ0n) is 11.2. The Morgan fingerprint density at radius 1 is 1.00 bits per heavy atom. The predicted octanol–water partition coefficient (Wildman–Crippen LogP) is 3.93. The minimum Gasteiger partial charge on any atom is -0.497 e. The monoisotopic (exact) mass is 258 g/mol. The Kier molecular flexibility index (Phi) is 4.42. The molecule has 3 nitrogen and oxygen atoms in total. The fourth-order valence-electron chi connectivity index (χ4n) is 1.79. The van der Waals surface area contributed by atoms with Crippen LogP contribution < -0.4 is 9.47 Å². The lowest BCUT2D eigenvalue weighted by Gasteiger charge is -2.10. The van der Waals surface area contributed by atoms with E-state index in [0.717, 1.165) is 22.8 Å². The molecule has 0 unspecified atom stereocenters. The Morgan fingerprint density at radius 2 is 1.68 bits per heavy atom. The summed E-state index contributed by atoms with van der Waals surface area (Å²) in [4.78, 5) is 0. The molecule has 100 valence electrons. The molecular weight excluding hydrogens is 240 g/mol. The summed E-state index contributed by atoms with van der Waals surface area (Å²) in [5.74, 6) is 2.22. The number of methoxy groups -OCH3 is 1. The summed E-state index contributed by atoms with van der Waals surface area (Å²) >= 11 is 0. The zero-order valence-corrected chi connectivity index (χ0v) is 11.2. The van der Waals surface area contributed by atoms with Crippen LogP contribution in [0.25, 0.3) is 0 Å². The summed E-state index contributed by atoms with van der Waals surface area (Å²) in [7, 11) is 1.63. The van der Waals surface area contributed by atoms with Crippen molar-refractivity contribution < 1.29 is 14.6 Å². The van der Waals surface area contributed by atoms with E-state index >= 15 is 0 Å². The van der Waals surface area contributed by atoms with Gasteiger partial charge in [0.1, 0.15) is 17.2 Å². The van der Waals surface area contributed by atoms with Crippen LogP contribution in [-0.4, -0.2) is 12.2 Å². The highest BCUT2D eigenvalue weighted by atomic mass is 16.5. The van der Waals surface area contributed by atoms with Crippen molar-refractivity contribution in [3.05, 3.63) is 54.1 Å². The Balaban J connectivity index is 2.10. The van der Waals surface area contributed by atoms with E-state index < -0.39 is 6.10 Å². The van der Waals surface area contributed by atoms with Crippen LogP contribution in [0.5, 0.6) is 17.2 Å². The molecule has 0 bridgehead atoms. The highest BCUT2D eigenvalue weighted by Crippen LogP contribution is 2.26. The Labute approximate surface area is 113 Å². The van der Waals surface area contributed by atoms with Gasteiger partial charge in [-0.25, -0.2) is 0 Å². The van der Waals surface area contributed by atoms with Crippen molar-refractivity contribution in [3.8, 4) is 17.2 Å². The molecular formula is C16H18O3.